The van der Waals surface area contributed by atoms with Gasteiger partial charge in [-0.3, -0.25) is 19.2 Å². The molecule has 1 aromatic heterocycles. The third kappa shape index (κ3) is 9.50. The lowest BCUT2D eigenvalue weighted by atomic mass is 10.0. The summed E-state index contributed by atoms with van der Waals surface area (Å²) in [7, 11) is 0. The van der Waals surface area contributed by atoms with Crippen molar-refractivity contribution in [3.63, 3.8) is 0 Å². The number of aliphatic hydroxyl groups excluding tert-OH is 1. The van der Waals surface area contributed by atoms with Crippen molar-refractivity contribution in [2.24, 2.45) is 0 Å². The Kier molecular flexibility index (Phi) is 11.9. The van der Waals surface area contributed by atoms with Crippen molar-refractivity contribution >= 4 is 35.2 Å². The van der Waals surface area contributed by atoms with Crippen LogP contribution in [-0.2, 0) is 33.9 Å². The zero-order chi connectivity index (χ0) is 32.3. The van der Waals surface area contributed by atoms with Crippen LogP contribution in [-0.4, -0.2) is 74.6 Å². The molecule has 0 saturated carbocycles. The van der Waals surface area contributed by atoms with E-state index in [1.165, 1.54) is 17.7 Å². The van der Waals surface area contributed by atoms with Crippen molar-refractivity contribution < 1.29 is 29.0 Å². The summed E-state index contributed by atoms with van der Waals surface area (Å²) in [5.74, 6) is -2.27. The summed E-state index contributed by atoms with van der Waals surface area (Å²) in [5.41, 5.74) is 1.39. The van der Waals surface area contributed by atoms with Crippen molar-refractivity contribution in [2.75, 3.05) is 6.61 Å². The maximum Gasteiger partial charge on any atom is 0.255 e. The van der Waals surface area contributed by atoms with Gasteiger partial charge in [-0.25, -0.2) is 4.68 Å². The number of amides is 4. The number of halogens is 1. The van der Waals surface area contributed by atoms with Gasteiger partial charge in [-0.1, -0.05) is 66.9 Å². The molecule has 0 saturated heterocycles. The minimum absolute atomic E-state index is 0.0397. The highest BCUT2D eigenvalue weighted by Gasteiger charge is 2.33. The van der Waals surface area contributed by atoms with Crippen LogP contribution in [0.5, 0.6) is 5.75 Å². The van der Waals surface area contributed by atoms with Gasteiger partial charge in [0.25, 0.3) is 5.91 Å². The molecule has 0 fully saturated rings. The summed E-state index contributed by atoms with van der Waals surface area (Å²) in [6.07, 6.45) is 2.10. The van der Waals surface area contributed by atoms with E-state index in [9.17, 15) is 24.3 Å². The molecule has 0 unspecified atom stereocenters. The third-order valence-corrected chi connectivity index (χ3v) is 7.48. The van der Waals surface area contributed by atoms with Gasteiger partial charge in [-0.15, -0.1) is 5.10 Å². The molecule has 3 aromatic rings. The fourth-order valence-corrected chi connectivity index (χ4v) is 4.95. The van der Waals surface area contributed by atoms with Gasteiger partial charge in [0.1, 0.15) is 36.2 Å². The minimum Gasteiger partial charge on any atom is -0.491 e. The lowest BCUT2D eigenvalue weighted by Gasteiger charge is -2.27. The van der Waals surface area contributed by atoms with Gasteiger partial charge < -0.3 is 31.1 Å². The third-order valence-electron chi connectivity index (χ3n) is 7.24. The fourth-order valence-electron chi connectivity index (χ4n) is 4.78. The Morgan fingerprint density at radius 2 is 1.80 bits per heavy atom. The second-order valence-corrected chi connectivity index (χ2v) is 11.3. The van der Waals surface area contributed by atoms with Gasteiger partial charge in [0.05, 0.1) is 31.0 Å². The van der Waals surface area contributed by atoms with E-state index < -0.39 is 47.9 Å². The van der Waals surface area contributed by atoms with Crippen LogP contribution in [0.4, 0.5) is 0 Å². The van der Waals surface area contributed by atoms with E-state index in [0.29, 0.717) is 23.7 Å². The molecule has 4 amide bonds. The first kappa shape index (κ1) is 33.4. The maximum atomic E-state index is 13.5. The largest absolute Gasteiger partial charge is 0.491 e. The van der Waals surface area contributed by atoms with Gasteiger partial charge in [0.2, 0.25) is 17.7 Å². The number of hydrogen-bond acceptors (Lipinski definition) is 8. The number of nitrogens with one attached hydrogen (secondary N) is 4. The molecule has 240 valence electrons. The second-order valence-electron chi connectivity index (χ2n) is 10.8. The molecule has 2 aromatic carbocycles. The number of rotatable bonds is 6. The van der Waals surface area contributed by atoms with Crippen molar-refractivity contribution in [1.82, 2.24) is 36.3 Å². The van der Waals surface area contributed by atoms with Gasteiger partial charge in [-0.05, 0) is 37.1 Å². The SMILES string of the molecule is CCCC[C@@H]1NC(=O)c2cc(Cl)ccc2OCCn2cc(nn2)CNC(=O)[C@H](Cc2ccccc2)NC(=O)[C@H]([C@@H](C)O)NC1=O. The number of carbonyl (C=O) groups excluding carboxylic acids is 4. The number of carbonyl (C=O) groups is 4. The van der Waals surface area contributed by atoms with E-state index >= 15 is 0 Å². The van der Waals surface area contributed by atoms with Gasteiger partial charge in [0, 0.05) is 11.4 Å². The van der Waals surface area contributed by atoms with Crippen LogP contribution in [0.2, 0.25) is 5.02 Å². The summed E-state index contributed by atoms with van der Waals surface area (Å²) in [6, 6.07) is 10.2. The lowest BCUT2D eigenvalue weighted by Crippen LogP contribution is -2.60. The van der Waals surface area contributed by atoms with Gasteiger partial charge >= 0.3 is 0 Å². The molecule has 2 heterocycles. The van der Waals surface area contributed by atoms with Gasteiger partial charge in [0.15, 0.2) is 0 Å². The smallest absolute Gasteiger partial charge is 0.255 e. The maximum absolute atomic E-state index is 13.5. The fraction of sp³-hybridized carbons (Fsp3) is 0.419. The zero-order valence-electron chi connectivity index (χ0n) is 25.2. The predicted octanol–water partition coefficient (Wildman–Crippen LogP) is 1.52. The van der Waals surface area contributed by atoms with Crippen molar-refractivity contribution in [2.45, 2.75) is 76.8 Å². The minimum atomic E-state index is -1.42. The van der Waals surface area contributed by atoms with E-state index in [-0.39, 0.29) is 37.3 Å². The van der Waals surface area contributed by atoms with Crippen LogP contribution in [0.1, 0.15) is 54.7 Å². The average Bonchev–Trinajstić information content (AvgIpc) is 3.48. The molecule has 4 rings (SSSR count). The molecular formula is C31H38ClN7O6. The number of unbranched alkanes of at least 4 members (excludes halogenated alkanes) is 1. The molecule has 2 bridgehead atoms. The van der Waals surface area contributed by atoms with Crippen LogP contribution in [0.25, 0.3) is 0 Å². The normalized spacial score (nSPS) is 20.8. The lowest BCUT2D eigenvalue weighted by molar-refractivity contribution is -0.134. The first-order valence-electron chi connectivity index (χ1n) is 14.9. The summed E-state index contributed by atoms with van der Waals surface area (Å²) >= 11 is 6.20. The molecule has 0 spiro atoms. The summed E-state index contributed by atoms with van der Waals surface area (Å²) in [4.78, 5) is 53.8. The number of aliphatic hydroxyl groups is 1. The standard InChI is InChI=1S/C31H38ClN7O6/c1-3-4-10-24-30(43)36-27(19(2)40)31(44)35-25(15-20-8-6-5-7-9-20)29(42)33-17-22-18-39(38-37-22)13-14-45-26-12-11-21(32)16-23(26)28(41)34-24/h5-9,11-12,16,18-19,24-25,27,40H,3-4,10,13-15,17H2,1-2H3,(H,33,42)(H,34,41)(H,35,44)(H,36,43)/t19-,24+,25+,27+/m1/s1. The van der Waals surface area contributed by atoms with Gasteiger partial charge in [-0.2, -0.15) is 0 Å². The van der Waals surface area contributed by atoms with Crippen LogP contribution in [0.3, 0.4) is 0 Å². The number of nitrogens with zero attached hydrogens (tertiary/aromatic N) is 3. The topological polar surface area (TPSA) is 177 Å². The highest BCUT2D eigenvalue weighted by atomic mass is 35.5. The van der Waals surface area contributed by atoms with E-state index in [1.54, 1.807) is 18.3 Å². The summed E-state index contributed by atoms with van der Waals surface area (Å²) in [6.45, 7) is 3.76. The van der Waals surface area contributed by atoms with Crippen LogP contribution in [0.15, 0.2) is 54.7 Å². The molecule has 0 radical (unpaired) electrons. The molecule has 4 atom stereocenters. The monoisotopic (exact) mass is 639 g/mol. The Morgan fingerprint density at radius 3 is 2.53 bits per heavy atom. The van der Waals surface area contributed by atoms with Crippen LogP contribution < -0.4 is 26.0 Å². The van der Waals surface area contributed by atoms with Crippen LogP contribution >= 0.6 is 11.6 Å². The zero-order valence-corrected chi connectivity index (χ0v) is 25.9. The number of hydrogen-bond donors (Lipinski definition) is 5. The van der Waals surface area contributed by atoms with Crippen molar-refractivity contribution in [3.05, 3.63) is 76.6 Å². The molecule has 0 aliphatic carbocycles. The average molecular weight is 640 g/mol. The Balaban J connectivity index is 1.66. The second kappa shape index (κ2) is 16.0. The molecule has 45 heavy (non-hydrogen) atoms. The molecule has 5 N–H and O–H groups in total. The number of aromatic nitrogens is 3. The van der Waals surface area contributed by atoms with E-state index in [4.69, 9.17) is 16.3 Å². The Labute approximate surface area is 266 Å². The highest BCUT2D eigenvalue weighted by Crippen LogP contribution is 2.23. The first-order valence-corrected chi connectivity index (χ1v) is 15.2. The number of ether oxygens (including phenoxy) is 1. The number of fused-ring (bicyclic) bond motifs is 3. The quantitative estimate of drug-likeness (QED) is 0.270. The highest BCUT2D eigenvalue weighted by molar-refractivity contribution is 6.31. The van der Waals surface area contributed by atoms with E-state index in [0.717, 1.165) is 12.0 Å². The first-order chi connectivity index (χ1) is 21.6. The Hall–Kier alpha value is -4.49. The summed E-state index contributed by atoms with van der Waals surface area (Å²) < 4.78 is 7.43. The summed E-state index contributed by atoms with van der Waals surface area (Å²) in [5, 5.41) is 29.8. The molecule has 1 aliphatic heterocycles. The molecule has 14 heteroatoms. The molecule has 1 aliphatic rings. The Bertz CT molecular complexity index is 1480. The van der Waals surface area contributed by atoms with Crippen molar-refractivity contribution in [1.29, 1.82) is 0 Å². The predicted molar refractivity (Wildman–Crippen MR) is 165 cm³/mol. The van der Waals surface area contributed by atoms with Crippen molar-refractivity contribution in [3.8, 4) is 5.75 Å². The molecular weight excluding hydrogens is 602 g/mol. The van der Waals surface area contributed by atoms with E-state index in [1.807, 2.05) is 37.3 Å². The van der Waals surface area contributed by atoms with Crippen LogP contribution in [0, 0.1) is 0 Å². The molecule has 13 nitrogen and oxygen atoms in total. The van der Waals surface area contributed by atoms with E-state index in [2.05, 4.69) is 31.6 Å². The number of benzene rings is 2. The Morgan fingerprint density at radius 1 is 1.02 bits per heavy atom.